The van der Waals surface area contributed by atoms with E-state index in [-0.39, 0.29) is 12.4 Å². The molecule has 9 heteroatoms. The predicted octanol–water partition coefficient (Wildman–Crippen LogP) is 0.531. The molecule has 1 aromatic heterocycles. The molecule has 0 saturated heterocycles. The Morgan fingerprint density at radius 3 is 2.32 bits per heavy atom. The normalized spacial score (nSPS) is 9.63. The second kappa shape index (κ2) is 6.38. The molecule has 1 rings (SSSR count). The molecule has 0 aliphatic heterocycles. The van der Waals surface area contributed by atoms with Gasteiger partial charge in [0.15, 0.2) is 0 Å². The molecule has 0 atom stereocenters. The first kappa shape index (κ1) is 14.5. The third-order valence-corrected chi connectivity index (χ3v) is 1.99. The zero-order valence-corrected chi connectivity index (χ0v) is 10.7. The van der Waals surface area contributed by atoms with Crippen molar-refractivity contribution in [2.45, 2.75) is 6.92 Å². The van der Waals surface area contributed by atoms with Crippen molar-refractivity contribution in [3.8, 4) is 0 Å². The van der Waals surface area contributed by atoms with Crippen LogP contribution in [-0.4, -0.2) is 48.6 Å². The van der Waals surface area contributed by atoms with Gasteiger partial charge in [-0.1, -0.05) is 0 Å². The van der Waals surface area contributed by atoms with Crippen molar-refractivity contribution in [1.82, 2.24) is 9.66 Å². The standard InChI is InChI=1S/C10H13N3O6/c1-4-19-8(14)7-11-5-6-12(7)13(9(15)17-2)10(16)18-3/h5-6H,4H2,1-3H3. The largest absolute Gasteiger partial charge is 0.460 e. The van der Waals surface area contributed by atoms with Gasteiger partial charge in [-0.3, -0.25) is 0 Å². The number of esters is 1. The van der Waals surface area contributed by atoms with Crippen LogP contribution in [0.5, 0.6) is 0 Å². The fourth-order valence-corrected chi connectivity index (χ4v) is 1.22. The second-order valence-corrected chi connectivity index (χ2v) is 3.07. The zero-order chi connectivity index (χ0) is 14.4. The van der Waals surface area contributed by atoms with Gasteiger partial charge >= 0.3 is 18.2 Å². The van der Waals surface area contributed by atoms with Gasteiger partial charge in [0, 0.05) is 12.4 Å². The maximum Gasteiger partial charge on any atom is 0.439 e. The highest BCUT2D eigenvalue weighted by Crippen LogP contribution is 2.05. The number of carbonyl (C=O) groups excluding carboxylic acids is 3. The molecule has 9 nitrogen and oxygen atoms in total. The van der Waals surface area contributed by atoms with Crippen LogP contribution in [0.15, 0.2) is 12.4 Å². The van der Waals surface area contributed by atoms with Gasteiger partial charge in [0.2, 0.25) is 5.82 Å². The molecule has 0 aliphatic rings. The molecule has 2 amide bonds. The molecule has 0 bridgehead atoms. The van der Waals surface area contributed by atoms with Gasteiger partial charge in [0.25, 0.3) is 0 Å². The Morgan fingerprint density at radius 1 is 1.26 bits per heavy atom. The van der Waals surface area contributed by atoms with E-state index < -0.39 is 18.2 Å². The van der Waals surface area contributed by atoms with E-state index in [0.717, 1.165) is 18.9 Å². The zero-order valence-electron chi connectivity index (χ0n) is 10.7. The number of hydrogen-bond donors (Lipinski definition) is 0. The number of rotatable bonds is 3. The van der Waals surface area contributed by atoms with Crippen LogP contribution in [0.1, 0.15) is 17.5 Å². The maximum absolute atomic E-state index is 11.6. The quantitative estimate of drug-likeness (QED) is 0.583. The smallest absolute Gasteiger partial charge is 0.439 e. The highest BCUT2D eigenvalue weighted by Gasteiger charge is 2.29. The molecule has 0 saturated carbocycles. The summed E-state index contributed by atoms with van der Waals surface area (Å²) in [5.74, 6) is -1.04. The Hall–Kier alpha value is -2.58. The van der Waals surface area contributed by atoms with Crippen LogP contribution in [0.25, 0.3) is 0 Å². The molecule has 19 heavy (non-hydrogen) atoms. The summed E-state index contributed by atoms with van der Waals surface area (Å²) >= 11 is 0. The number of ether oxygens (including phenoxy) is 3. The van der Waals surface area contributed by atoms with Gasteiger partial charge in [0.1, 0.15) is 0 Å². The van der Waals surface area contributed by atoms with E-state index in [9.17, 15) is 14.4 Å². The minimum absolute atomic E-state index is 0.127. The van der Waals surface area contributed by atoms with Crippen LogP contribution in [0, 0.1) is 0 Å². The van der Waals surface area contributed by atoms with Gasteiger partial charge in [-0.25, -0.2) is 24.0 Å². The molecule has 0 spiro atoms. The number of imidazole rings is 1. The average molecular weight is 271 g/mol. The van der Waals surface area contributed by atoms with Gasteiger partial charge in [-0.05, 0) is 6.92 Å². The van der Waals surface area contributed by atoms with Gasteiger partial charge in [-0.2, -0.15) is 0 Å². The van der Waals surface area contributed by atoms with Gasteiger partial charge < -0.3 is 14.2 Å². The molecule has 104 valence electrons. The van der Waals surface area contributed by atoms with E-state index in [1.807, 2.05) is 0 Å². The number of nitrogens with zero attached hydrogens (tertiary/aromatic N) is 3. The summed E-state index contributed by atoms with van der Waals surface area (Å²) in [5, 5.41) is 0.471. The van der Waals surface area contributed by atoms with E-state index >= 15 is 0 Å². The topological polar surface area (TPSA) is 100.0 Å². The average Bonchev–Trinajstić information content (AvgIpc) is 2.87. The van der Waals surface area contributed by atoms with Crippen LogP contribution in [0.2, 0.25) is 0 Å². The summed E-state index contributed by atoms with van der Waals surface area (Å²) in [6.07, 6.45) is 0.386. The second-order valence-electron chi connectivity index (χ2n) is 3.07. The van der Waals surface area contributed by atoms with E-state index in [1.165, 1.54) is 12.4 Å². The van der Waals surface area contributed by atoms with E-state index in [0.29, 0.717) is 5.01 Å². The molecule has 0 radical (unpaired) electrons. The monoisotopic (exact) mass is 271 g/mol. The first-order valence-corrected chi connectivity index (χ1v) is 5.23. The third kappa shape index (κ3) is 3.00. The van der Waals surface area contributed by atoms with E-state index in [4.69, 9.17) is 4.74 Å². The molecular formula is C10H13N3O6. The Kier molecular flexibility index (Phi) is 4.86. The Morgan fingerprint density at radius 2 is 1.84 bits per heavy atom. The van der Waals surface area contributed by atoms with E-state index in [1.54, 1.807) is 6.92 Å². The molecule has 1 heterocycles. The number of carbonyl (C=O) groups is 3. The fourth-order valence-electron chi connectivity index (χ4n) is 1.22. The van der Waals surface area contributed by atoms with Crippen LogP contribution in [0.4, 0.5) is 9.59 Å². The highest BCUT2D eigenvalue weighted by atomic mass is 16.6. The van der Waals surface area contributed by atoms with Crippen molar-refractivity contribution in [2.75, 3.05) is 25.8 Å². The van der Waals surface area contributed by atoms with Crippen molar-refractivity contribution < 1.29 is 28.6 Å². The Bertz CT molecular complexity index is 467. The summed E-state index contributed by atoms with van der Waals surface area (Å²) < 4.78 is 14.5. The molecule has 0 aliphatic carbocycles. The van der Waals surface area contributed by atoms with Crippen molar-refractivity contribution in [1.29, 1.82) is 0 Å². The molecule has 0 unspecified atom stereocenters. The lowest BCUT2D eigenvalue weighted by molar-refractivity contribution is 0.0506. The van der Waals surface area contributed by atoms with Crippen molar-refractivity contribution in [3.63, 3.8) is 0 Å². The summed E-state index contributed by atoms with van der Waals surface area (Å²) in [7, 11) is 2.17. The Labute approximate surface area is 108 Å². The number of imide groups is 1. The van der Waals surface area contributed by atoms with Crippen LogP contribution in [-0.2, 0) is 14.2 Å². The van der Waals surface area contributed by atoms with Crippen molar-refractivity contribution in [3.05, 3.63) is 18.2 Å². The minimum Gasteiger partial charge on any atom is -0.460 e. The lowest BCUT2D eigenvalue weighted by atomic mass is 10.6. The molecule has 1 aromatic rings. The lowest BCUT2D eigenvalue weighted by Crippen LogP contribution is -2.46. The van der Waals surface area contributed by atoms with Crippen LogP contribution < -0.4 is 5.01 Å². The van der Waals surface area contributed by atoms with Gasteiger partial charge in [0.05, 0.1) is 20.8 Å². The van der Waals surface area contributed by atoms with Crippen LogP contribution in [0.3, 0.4) is 0 Å². The summed E-state index contributed by atoms with van der Waals surface area (Å²) in [4.78, 5) is 38.4. The maximum atomic E-state index is 11.6. The summed E-state index contributed by atoms with van der Waals surface area (Å²) in [5.41, 5.74) is 0. The van der Waals surface area contributed by atoms with E-state index in [2.05, 4.69) is 14.5 Å². The predicted molar refractivity (Wildman–Crippen MR) is 61.2 cm³/mol. The van der Waals surface area contributed by atoms with Crippen molar-refractivity contribution in [2.24, 2.45) is 0 Å². The minimum atomic E-state index is -1.03. The van der Waals surface area contributed by atoms with Gasteiger partial charge in [-0.15, -0.1) is 5.01 Å². The number of methoxy groups -OCH3 is 2. The summed E-state index contributed by atoms with van der Waals surface area (Å²) in [6, 6.07) is 0. The number of hydrogen-bond acceptors (Lipinski definition) is 7. The molecule has 0 aromatic carbocycles. The SMILES string of the molecule is CCOC(=O)c1nccn1N(C(=O)OC)C(=O)OC. The first-order chi connectivity index (χ1) is 9.06. The number of aromatic nitrogens is 2. The Balaban J connectivity index is 3.17. The fraction of sp³-hybridized carbons (Fsp3) is 0.400. The molecule has 0 N–H and O–H groups in total. The van der Waals surface area contributed by atoms with Crippen LogP contribution >= 0.6 is 0 Å². The highest BCUT2D eigenvalue weighted by molar-refractivity contribution is 6.02. The number of amides is 2. The lowest BCUT2D eigenvalue weighted by Gasteiger charge is -2.19. The third-order valence-electron chi connectivity index (χ3n) is 1.99. The van der Waals surface area contributed by atoms with Crippen molar-refractivity contribution >= 4 is 18.2 Å². The molecular weight excluding hydrogens is 258 g/mol. The molecule has 0 fully saturated rings. The first-order valence-electron chi connectivity index (χ1n) is 5.23. The summed E-state index contributed by atoms with van der Waals surface area (Å²) in [6.45, 7) is 1.74.